The molecule has 0 aliphatic carbocycles. The molecule has 8 heteroatoms. The standard InChI is InChI=1S/C18H17N5O2S/c24-17(16-12-8-19-5-3-13(12)22-23-16)21-18-20-14(9-26-18)10-1-2-15-11(7-10)4-6-25-15/h1-2,7,9,19H,3-6,8H2,(H,22,23)(H,20,21,24). The van der Waals surface area contributed by atoms with Crippen LogP contribution in [0.25, 0.3) is 11.3 Å². The Balaban J connectivity index is 1.36. The quantitative estimate of drug-likeness (QED) is 0.661. The number of fused-ring (bicyclic) bond motifs is 2. The third kappa shape index (κ3) is 2.67. The van der Waals surface area contributed by atoms with Gasteiger partial charge in [-0.1, -0.05) is 0 Å². The Labute approximate surface area is 153 Å². The van der Waals surface area contributed by atoms with E-state index in [4.69, 9.17) is 4.74 Å². The van der Waals surface area contributed by atoms with Crippen LogP contribution >= 0.6 is 11.3 Å². The highest BCUT2D eigenvalue weighted by Gasteiger charge is 2.22. The first-order valence-electron chi connectivity index (χ1n) is 8.58. The molecule has 0 saturated heterocycles. The van der Waals surface area contributed by atoms with Crippen LogP contribution in [-0.4, -0.2) is 34.2 Å². The molecule has 132 valence electrons. The number of carbonyl (C=O) groups is 1. The maximum absolute atomic E-state index is 12.6. The van der Waals surface area contributed by atoms with E-state index in [1.54, 1.807) is 0 Å². The molecular weight excluding hydrogens is 350 g/mol. The molecule has 2 aromatic heterocycles. The second kappa shape index (κ2) is 6.22. The number of aromatic amines is 1. The molecule has 26 heavy (non-hydrogen) atoms. The number of carbonyl (C=O) groups excluding carboxylic acids is 1. The Hall–Kier alpha value is -2.71. The van der Waals surface area contributed by atoms with Gasteiger partial charge in [0.05, 0.1) is 12.3 Å². The number of thiazole rings is 1. The lowest BCUT2D eigenvalue weighted by Gasteiger charge is -2.12. The van der Waals surface area contributed by atoms with Crippen molar-refractivity contribution in [2.75, 3.05) is 18.5 Å². The Bertz CT molecular complexity index is 993. The minimum atomic E-state index is -0.227. The van der Waals surface area contributed by atoms with Gasteiger partial charge in [0.2, 0.25) is 0 Å². The summed E-state index contributed by atoms with van der Waals surface area (Å²) in [7, 11) is 0. The van der Waals surface area contributed by atoms with Crippen molar-refractivity contribution >= 4 is 22.4 Å². The van der Waals surface area contributed by atoms with E-state index in [1.165, 1.54) is 16.9 Å². The van der Waals surface area contributed by atoms with Crippen LogP contribution in [-0.2, 0) is 19.4 Å². The van der Waals surface area contributed by atoms with Crippen molar-refractivity contribution in [1.29, 1.82) is 0 Å². The molecule has 0 spiro atoms. The summed E-state index contributed by atoms with van der Waals surface area (Å²) in [5, 5.41) is 15.8. The number of aromatic nitrogens is 3. The zero-order valence-corrected chi connectivity index (χ0v) is 14.8. The average Bonchev–Trinajstić information content (AvgIpc) is 3.39. The molecule has 3 aromatic rings. The van der Waals surface area contributed by atoms with Crippen molar-refractivity contribution in [2.45, 2.75) is 19.4 Å². The molecule has 7 nitrogen and oxygen atoms in total. The van der Waals surface area contributed by atoms with E-state index in [0.29, 0.717) is 17.4 Å². The number of benzene rings is 1. The van der Waals surface area contributed by atoms with Crippen LogP contribution in [0.15, 0.2) is 23.6 Å². The normalized spacial score (nSPS) is 15.2. The number of nitrogens with one attached hydrogen (secondary N) is 3. The number of rotatable bonds is 3. The van der Waals surface area contributed by atoms with Gasteiger partial charge >= 0.3 is 0 Å². The molecule has 1 amide bonds. The molecule has 0 unspecified atom stereocenters. The van der Waals surface area contributed by atoms with Crippen LogP contribution < -0.4 is 15.4 Å². The number of hydrogen-bond acceptors (Lipinski definition) is 6. The van der Waals surface area contributed by atoms with Crippen molar-refractivity contribution in [3.8, 4) is 17.0 Å². The highest BCUT2D eigenvalue weighted by Crippen LogP contribution is 2.32. The summed E-state index contributed by atoms with van der Waals surface area (Å²) in [6.07, 6.45) is 1.79. The number of ether oxygens (including phenoxy) is 1. The van der Waals surface area contributed by atoms with Crippen LogP contribution in [0, 0.1) is 0 Å². The van der Waals surface area contributed by atoms with Gasteiger partial charge in [0.1, 0.15) is 5.75 Å². The summed E-state index contributed by atoms with van der Waals surface area (Å²) in [6, 6.07) is 6.09. The Morgan fingerprint density at radius 1 is 1.31 bits per heavy atom. The largest absolute Gasteiger partial charge is 0.493 e. The molecule has 5 rings (SSSR count). The predicted octanol–water partition coefficient (Wildman–Crippen LogP) is 2.37. The van der Waals surface area contributed by atoms with Gasteiger partial charge in [-0.2, -0.15) is 5.10 Å². The lowest BCUT2D eigenvalue weighted by atomic mass is 10.1. The predicted molar refractivity (Wildman–Crippen MR) is 98.7 cm³/mol. The summed E-state index contributed by atoms with van der Waals surface area (Å²) in [4.78, 5) is 17.1. The van der Waals surface area contributed by atoms with Crippen LogP contribution in [0.4, 0.5) is 5.13 Å². The van der Waals surface area contributed by atoms with Crippen LogP contribution in [0.2, 0.25) is 0 Å². The minimum absolute atomic E-state index is 0.227. The first kappa shape index (κ1) is 15.5. The van der Waals surface area contributed by atoms with Crippen molar-refractivity contribution in [3.05, 3.63) is 46.1 Å². The molecule has 0 bridgehead atoms. The molecule has 1 aromatic carbocycles. The first-order valence-corrected chi connectivity index (χ1v) is 9.46. The summed E-state index contributed by atoms with van der Waals surface area (Å²) in [5.74, 6) is 0.726. The molecule has 2 aliphatic rings. The van der Waals surface area contributed by atoms with Crippen LogP contribution in [0.1, 0.15) is 27.3 Å². The summed E-state index contributed by atoms with van der Waals surface area (Å²) in [6.45, 7) is 2.30. The zero-order valence-electron chi connectivity index (χ0n) is 14.0. The maximum Gasteiger partial charge on any atom is 0.278 e. The van der Waals surface area contributed by atoms with E-state index >= 15 is 0 Å². The Morgan fingerprint density at radius 3 is 3.23 bits per heavy atom. The van der Waals surface area contributed by atoms with Crippen molar-refractivity contribution in [3.63, 3.8) is 0 Å². The van der Waals surface area contributed by atoms with Gasteiger partial charge in [-0.15, -0.1) is 11.3 Å². The SMILES string of the molecule is O=C(Nc1nc(-c2ccc3c(c2)CCO3)cs1)c1n[nH]c2c1CNCC2. The third-order valence-electron chi connectivity index (χ3n) is 4.73. The summed E-state index contributed by atoms with van der Waals surface area (Å²) in [5.41, 5.74) is 5.52. The van der Waals surface area contributed by atoms with Crippen LogP contribution in [0.3, 0.4) is 0 Å². The first-order chi connectivity index (χ1) is 12.8. The third-order valence-corrected chi connectivity index (χ3v) is 5.49. The second-order valence-corrected chi connectivity index (χ2v) is 7.23. The van der Waals surface area contributed by atoms with Gasteiger partial charge < -0.3 is 10.1 Å². The van der Waals surface area contributed by atoms with Gasteiger partial charge in [0.25, 0.3) is 5.91 Å². The minimum Gasteiger partial charge on any atom is -0.493 e. The van der Waals surface area contributed by atoms with E-state index in [0.717, 1.165) is 54.3 Å². The maximum atomic E-state index is 12.6. The van der Waals surface area contributed by atoms with Crippen molar-refractivity contribution < 1.29 is 9.53 Å². The highest BCUT2D eigenvalue weighted by atomic mass is 32.1. The fraction of sp³-hybridized carbons (Fsp3) is 0.278. The topological polar surface area (TPSA) is 91.9 Å². The Kier molecular flexibility index (Phi) is 3.72. The molecule has 0 atom stereocenters. The van der Waals surface area contributed by atoms with Gasteiger partial charge in [0.15, 0.2) is 10.8 Å². The lowest BCUT2D eigenvalue weighted by molar-refractivity contribution is 0.102. The van der Waals surface area contributed by atoms with Crippen LogP contribution in [0.5, 0.6) is 5.75 Å². The smallest absolute Gasteiger partial charge is 0.278 e. The van der Waals surface area contributed by atoms with E-state index in [9.17, 15) is 4.79 Å². The number of hydrogen-bond donors (Lipinski definition) is 3. The highest BCUT2D eigenvalue weighted by molar-refractivity contribution is 7.14. The summed E-state index contributed by atoms with van der Waals surface area (Å²) < 4.78 is 5.54. The molecular formula is C18H17N5O2S. The monoisotopic (exact) mass is 367 g/mol. The van der Waals surface area contributed by atoms with E-state index in [1.807, 2.05) is 17.5 Å². The van der Waals surface area contributed by atoms with Crippen molar-refractivity contribution in [1.82, 2.24) is 20.5 Å². The zero-order chi connectivity index (χ0) is 17.5. The molecule has 3 N–H and O–H groups in total. The second-order valence-electron chi connectivity index (χ2n) is 6.37. The van der Waals surface area contributed by atoms with E-state index < -0.39 is 0 Å². The molecule has 0 radical (unpaired) electrons. The van der Waals surface area contributed by atoms with E-state index in [-0.39, 0.29) is 5.91 Å². The van der Waals surface area contributed by atoms with Gasteiger partial charge in [0, 0.05) is 48.1 Å². The van der Waals surface area contributed by atoms with Gasteiger partial charge in [-0.05, 0) is 23.8 Å². The average molecular weight is 367 g/mol. The van der Waals surface area contributed by atoms with E-state index in [2.05, 4.69) is 31.9 Å². The number of nitrogens with zero attached hydrogens (tertiary/aromatic N) is 2. The molecule has 0 fully saturated rings. The molecule has 0 saturated carbocycles. The fourth-order valence-corrected chi connectivity index (χ4v) is 4.09. The van der Waals surface area contributed by atoms with Gasteiger partial charge in [-0.3, -0.25) is 15.2 Å². The number of H-pyrrole nitrogens is 1. The molecule has 4 heterocycles. The van der Waals surface area contributed by atoms with Gasteiger partial charge in [-0.25, -0.2) is 4.98 Å². The lowest BCUT2D eigenvalue weighted by Crippen LogP contribution is -2.25. The summed E-state index contributed by atoms with van der Waals surface area (Å²) >= 11 is 1.41. The number of anilines is 1. The number of amides is 1. The fourth-order valence-electron chi connectivity index (χ4n) is 3.38. The Morgan fingerprint density at radius 2 is 2.27 bits per heavy atom. The molecule has 2 aliphatic heterocycles. The van der Waals surface area contributed by atoms with Crippen molar-refractivity contribution in [2.24, 2.45) is 0 Å².